The van der Waals surface area contributed by atoms with Gasteiger partial charge in [0.05, 0.1) is 44.4 Å². The summed E-state index contributed by atoms with van der Waals surface area (Å²) in [5.41, 5.74) is 2.11. The number of carbonyl (C=O) groups excluding carboxylic acids is 1. The molecule has 8 nitrogen and oxygen atoms in total. The molecule has 0 spiro atoms. The van der Waals surface area contributed by atoms with Crippen molar-refractivity contribution in [1.29, 1.82) is 0 Å². The number of hydrogen-bond donors (Lipinski definition) is 0. The maximum Gasteiger partial charge on any atom is 0.339 e. The van der Waals surface area contributed by atoms with Crippen LogP contribution in [-0.4, -0.2) is 45.3 Å². The third kappa shape index (κ3) is 4.75. The van der Waals surface area contributed by atoms with E-state index in [0.717, 1.165) is 11.1 Å². The molecular weight excluding hydrogens is 510 g/mol. The zero-order chi connectivity index (χ0) is 26.8. The average Bonchev–Trinajstić information content (AvgIpc) is 2.94. The van der Waals surface area contributed by atoms with Gasteiger partial charge in [-0.25, -0.2) is 4.79 Å². The summed E-state index contributed by atoms with van der Waals surface area (Å²) in [5, 5.41) is 1.08. The fraction of sp³-hybridized carbons (Fsp3) is 0.241. The Bertz CT molecular complexity index is 1560. The molecule has 1 atom stereocenters. The van der Waals surface area contributed by atoms with E-state index in [2.05, 4.69) is 0 Å². The zero-order valence-corrected chi connectivity index (χ0v) is 21.9. The van der Waals surface area contributed by atoms with E-state index in [-0.39, 0.29) is 12.5 Å². The summed E-state index contributed by atoms with van der Waals surface area (Å²) in [6.07, 6.45) is 0.596. The Labute approximate surface area is 224 Å². The lowest BCUT2D eigenvalue weighted by Crippen LogP contribution is -2.42. The van der Waals surface area contributed by atoms with Crippen molar-refractivity contribution in [2.45, 2.75) is 12.5 Å². The molecule has 0 saturated heterocycles. The van der Waals surface area contributed by atoms with Crippen LogP contribution in [0.3, 0.4) is 0 Å². The van der Waals surface area contributed by atoms with Gasteiger partial charge >= 0.3 is 5.63 Å². The molecule has 1 amide bonds. The van der Waals surface area contributed by atoms with E-state index < -0.39 is 11.7 Å². The number of ether oxygens (including phenoxy) is 4. The molecule has 0 N–H and O–H groups in total. The number of rotatable bonds is 7. The van der Waals surface area contributed by atoms with Crippen LogP contribution in [0.2, 0.25) is 5.02 Å². The van der Waals surface area contributed by atoms with Crippen LogP contribution in [0, 0.1) is 0 Å². The lowest BCUT2D eigenvalue weighted by Gasteiger charge is -2.38. The molecule has 0 saturated carbocycles. The highest BCUT2D eigenvalue weighted by molar-refractivity contribution is 6.31. The summed E-state index contributed by atoms with van der Waals surface area (Å²) < 4.78 is 28.1. The van der Waals surface area contributed by atoms with Crippen molar-refractivity contribution in [2.24, 2.45) is 0 Å². The van der Waals surface area contributed by atoms with E-state index in [1.807, 2.05) is 24.3 Å². The molecule has 196 valence electrons. The van der Waals surface area contributed by atoms with Crippen molar-refractivity contribution in [2.75, 3.05) is 34.5 Å². The molecule has 0 aliphatic carbocycles. The molecule has 3 aromatic carbocycles. The van der Waals surface area contributed by atoms with Crippen LogP contribution in [0.4, 0.5) is 0 Å². The van der Waals surface area contributed by atoms with E-state index in [1.54, 1.807) is 49.5 Å². The summed E-state index contributed by atoms with van der Waals surface area (Å²) in [7, 11) is 4.66. The predicted molar refractivity (Wildman–Crippen MR) is 143 cm³/mol. The summed E-state index contributed by atoms with van der Waals surface area (Å²) in [4.78, 5) is 27.9. The van der Waals surface area contributed by atoms with Gasteiger partial charge in [-0.15, -0.1) is 0 Å². The SMILES string of the molecule is COc1cc2c(cc1OC)C(COc1cc(=O)oc3ccccc13)N(C(=O)c1cc(Cl)ccc1OC)CC2. The molecule has 4 aromatic rings. The van der Waals surface area contributed by atoms with E-state index in [9.17, 15) is 9.59 Å². The quantitative estimate of drug-likeness (QED) is 0.297. The first-order valence-electron chi connectivity index (χ1n) is 12.0. The van der Waals surface area contributed by atoms with Gasteiger partial charge in [0.2, 0.25) is 0 Å². The number of fused-ring (bicyclic) bond motifs is 2. The van der Waals surface area contributed by atoms with Crippen LogP contribution < -0.4 is 24.6 Å². The van der Waals surface area contributed by atoms with Gasteiger partial charge in [0.15, 0.2) is 11.5 Å². The molecular formula is C29H26ClNO7. The minimum Gasteiger partial charge on any atom is -0.496 e. The molecule has 0 radical (unpaired) electrons. The van der Waals surface area contributed by atoms with Crippen molar-refractivity contribution in [3.8, 4) is 23.0 Å². The number of amides is 1. The fourth-order valence-electron chi connectivity index (χ4n) is 4.82. The van der Waals surface area contributed by atoms with Gasteiger partial charge in [-0.05, 0) is 60.0 Å². The van der Waals surface area contributed by atoms with E-state index in [1.165, 1.54) is 13.2 Å². The van der Waals surface area contributed by atoms with Gasteiger partial charge in [0, 0.05) is 11.6 Å². The highest BCUT2D eigenvalue weighted by Crippen LogP contribution is 2.40. The monoisotopic (exact) mass is 535 g/mol. The number of nitrogens with zero attached hydrogens (tertiary/aromatic N) is 1. The zero-order valence-electron chi connectivity index (χ0n) is 21.2. The Balaban J connectivity index is 1.58. The number of halogens is 1. The van der Waals surface area contributed by atoms with E-state index in [4.69, 9.17) is 35.0 Å². The molecule has 9 heteroatoms. The first-order valence-corrected chi connectivity index (χ1v) is 12.4. The number of hydrogen-bond acceptors (Lipinski definition) is 7. The second-order valence-electron chi connectivity index (χ2n) is 8.75. The molecule has 5 rings (SSSR count). The Morgan fingerprint density at radius 2 is 1.68 bits per heavy atom. The third-order valence-electron chi connectivity index (χ3n) is 6.66. The molecule has 38 heavy (non-hydrogen) atoms. The molecule has 1 aliphatic rings. The number of para-hydroxylation sites is 1. The number of carbonyl (C=O) groups is 1. The second kappa shape index (κ2) is 10.7. The molecule has 1 unspecified atom stereocenters. The lowest BCUT2D eigenvalue weighted by atomic mass is 9.91. The molecule has 0 fully saturated rings. The van der Waals surface area contributed by atoms with Crippen molar-refractivity contribution >= 4 is 28.5 Å². The Hall–Kier alpha value is -4.17. The van der Waals surface area contributed by atoms with Gasteiger partial charge in [-0.3, -0.25) is 4.79 Å². The maximum absolute atomic E-state index is 13.9. The van der Waals surface area contributed by atoms with Crippen molar-refractivity contribution in [1.82, 2.24) is 4.90 Å². The summed E-state index contributed by atoms with van der Waals surface area (Å²) >= 11 is 6.24. The van der Waals surface area contributed by atoms with Crippen LogP contribution in [0.5, 0.6) is 23.0 Å². The highest BCUT2D eigenvalue weighted by atomic mass is 35.5. The average molecular weight is 536 g/mol. The van der Waals surface area contributed by atoms with E-state index in [0.29, 0.717) is 57.5 Å². The van der Waals surface area contributed by atoms with Gasteiger partial charge < -0.3 is 28.3 Å². The summed E-state index contributed by atoms with van der Waals surface area (Å²) in [6, 6.07) is 16.7. The fourth-order valence-corrected chi connectivity index (χ4v) is 5.00. The topological polar surface area (TPSA) is 87.4 Å². The minimum atomic E-state index is -0.522. The van der Waals surface area contributed by atoms with Crippen molar-refractivity contribution in [3.63, 3.8) is 0 Å². The first-order chi connectivity index (χ1) is 18.4. The molecule has 1 aliphatic heterocycles. The summed E-state index contributed by atoms with van der Waals surface area (Å²) in [5.74, 6) is 1.68. The number of methoxy groups -OCH3 is 3. The van der Waals surface area contributed by atoms with Crippen LogP contribution in [0.1, 0.15) is 27.5 Å². The number of benzene rings is 3. The molecule has 2 heterocycles. The van der Waals surface area contributed by atoms with Crippen LogP contribution >= 0.6 is 11.6 Å². The standard InChI is InChI=1S/C29H26ClNO7/c1-34-23-9-8-18(30)13-21(23)29(33)31-11-10-17-12-26(35-2)27(36-3)14-20(17)22(31)16-37-25-15-28(32)38-24-7-5-4-6-19(24)25/h4-9,12-15,22H,10-11,16H2,1-3H3. The van der Waals surface area contributed by atoms with Crippen LogP contribution in [0.15, 0.2) is 69.9 Å². The van der Waals surface area contributed by atoms with Gasteiger partial charge in [0.1, 0.15) is 23.7 Å². The van der Waals surface area contributed by atoms with Crippen molar-refractivity contribution in [3.05, 3.63) is 92.8 Å². The minimum absolute atomic E-state index is 0.0740. The van der Waals surface area contributed by atoms with Crippen molar-refractivity contribution < 1.29 is 28.2 Å². The molecule has 0 bridgehead atoms. The summed E-state index contributed by atoms with van der Waals surface area (Å²) in [6.45, 7) is 0.493. The maximum atomic E-state index is 13.9. The predicted octanol–water partition coefficient (Wildman–Crippen LogP) is 5.29. The van der Waals surface area contributed by atoms with Gasteiger partial charge in [-0.2, -0.15) is 0 Å². The largest absolute Gasteiger partial charge is 0.496 e. The highest BCUT2D eigenvalue weighted by Gasteiger charge is 2.34. The normalized spacial score (nSPS) is 14.6. The Morgan fingerprint density at radius 3 is 2.45 bits per heavy atom. The first kappa shape index (κ1) is 25.5. The second-order valence-corrected chi connectivity index (χ2v) is 9.19. The Kier molecular flexibility index (Phi) is 7.15. The molecule has 1 aromatic heterocycles. The van der Waals surface area contributed by atoms with E-state index >= 15 is 0 Å². The third-order valence-corrected chi connectivity index (χ3v) is 6.90. The van der Waals surface area contributed by atoms with Gasteiger partial charge in [0.25, 0.3) is 5.91 Å². The Morgan fingerprint density at radius 1 is 0.947 bits per heavy atom. The lowest BCUT2D eigenvalue weighted by molar-refractivity contribution is 0.0586. The van der Waals surface area contributed by atoms with Crippen LogP contribution in [-0.2, 0) is 6.42 Å². The van der Waals surface area contributed by atoms with Gasteiger partial charge in [-0.1, -0.05) is 23.7 Å². The smallest absolute Gasteiger partial charge is 0.339 e. The van der Waals surface area contributed by atoms with Crippen LogP contribution in [0.25, 0.3) is 11.0 Å².